The van der Waals surface area contributed by atoms with Crippen LogP contribution < -0.4 is 16.7 Å². The Bertz CT molecular complexity index is 842. The van der Waals surface area contributed by atoms with Gasteiger partial charge in [0, 0.05) is 0 Å². The molecular weight excluding hydrogens is 270 g/mol. The molecular formula is C10H7N5O3S. The van der Waals surface area contributed by atoms with Gasteiger partial charge in [0.15, 0.2) is 5.65 Å². The summed E-state index contributed by atoms with van der Waals surface area (Å²) in [5, 5.41) is 4.30. The van der Waals surface area contributed by atoms with Crippen molar-refractivity contribution < 1.29 is 4.42 Å². The zero-order valence-electron chi connectivity index (χ0n) is 9.34. The number of hydrazone groups is 1. The van der Waals surface area contributed by atoms with E-state index in [1.807, 2.05) is 0 Å². The second kappa shape index (κ2) is 4.53. The molecule has 0 saturated carbocycles. The second-order valence-corrected chi connectivity index (χ2v) is 4.49. The normalized spacial score (nSPS) is 11.4. The first-order valence-corrected chi connectivity index (χ1v) is 6.00. The molecule has 3 aromatic heterocycles. The van der Waals surface area contributed by atoms with E-state index in [0.717, 1.165) is 11.3 Å². The van der Waals surface area contributed by atoms with Crippen LogP contribution in [-0.2, 0) is 0 Å². The van der Waals surface area contributed by atoms with Crippen LogP contribution >= 0.6 is 11.3 Å². The molecule has 3 aromatic rings. The third-order valence-electron chi connectivity index (χ3n) is 2.19. The number of nitrogens with zero attached hydrogens (tertiary/aromatic N) is 2. The van der Waals surface area contributed by atoms with Crippen LogP contribution in [0.4, 0.5) is 5.13 Å². The highest BCUT2D eigenvalue weighted by Gasteiger charge is 2.07. The maximum absolute atomic E-state index is 11.5. The lowest BCUT2D eigenvalue weighted by molar-refractivity contribution is 0.560. The van der Waals surface area contributed by atoms with Crippen LogP contribution in [0.15, 0.2) is 37.5 Å². The highest BCUT2D eigenvalue weighted by Crippen LogP contribution is 2.20. The summed E-state index contributed by atoms with van der Waals surface area (Å²) in [7, 11) is 0. The van der Waals surface area contributed by atoms with Gasteiger partial charge >= 0.3 is 5.69 Å². The number of hydrogen-bond donors (Lipinski definition) is 3. The predicted octanol–water partition coefficient (Wildman–Crippen LogP) is 0.712. The first-order valence-electron chi connectivity index (χ1n) is 5.18. The number of aromatic amines is 2. The first kappa shape index (κ1) is 11.4. The van der Waals surface area contributed by atoms with Crippen molar-refractivity contribution in [3.8, 4) is 0 Å². The van der Waals surface area contributed by atoms with E-state index in [0.29, 0.717) is 15.6 Å². The summed E-state index contributed by atoms with van der Waals surface area (Å²) >= 11 is 1.09. The zero-order valence-corrected chi connectivity index (χ0v) is 10.2. The largest absolute Gasteiger partial charge is 0.463 e. The molecule has 3 rings (SSSR count). The Balaban J connectivity index is 1.88. The standard InChI is InChI=1S/C10H7N5O3S/c16-8-6-7(12-9(17)14-8)13-10(19-6)15-11-4-5-2-1-3-18-5/h1-4H,(H3,12,13,14,15,16,17). The van der Waals surface area contributed by atoms with Crippen molar-refractivity contribution in [2.24, 2.45) is 5.10 Å². The molecule has 0 saturated heterocycles. The average Bonchev–Trinajstić information content (AvgIpc) is 2.98. The SMILES string of the molecule is O=c1[nH]c(=O)c2sc(NN=Cc3ccco3)nc2[nH]1. The van der Waals surface area contributed by atoms with Gasteiger partial charge in [-0.3, -0.25) is 20.2 Å². The Hall–Kier alpha value is -2.68. The Kier molecular flexibility index (Phi) is 2.72. The number of aromatic nitrogens is 3. The van der Waals surface area contributed by atoms with Crippen LogP contribution in [0.25, 0.3) is 10.3 Å². The van der Waals surface area contributed by atoms with Gasteiger partial charge in [0.05, 0.1) is 12.5 Å². The van der Waals surface area contributed by atoms with E-state index in [2.05, 4.69) is 25.5 Å². The van der Waals surface area contributed by atoms with Gasteiger partial charge in [-0.1, -0.05) is 11.3 Å². The van der Waals surface area contributed by atoms with E-state index >= 15 is 0 Å². The van der Waals surface area contributed by atoms with Gasteiger partial charge in [-0.2, -0.15) is 5.10 Å². The van der Waals surface area contributed by atoms with Crippen molar-refractivity contribution in [2.45, 2.75) is 0 Å². The first-order chi connectivity index (χ1) is 9.22. The minimum Gasteiger partial charge on any atom is -0.463 e. The molecule has 0 atom stereocenters. The minimum absolute atomic E-state index is 0.231. The van der Waals surface area contributed by atoms with Gasteiger partial charge in [-0.05, 0) is 12.1 Å². The van der Waals surface area contributed by atoms with Crippen LogP contribution in [-0.4, -0.2) is 21.2 Å². The molecule has 0 radical (unpaired) electrons. The van der Waals surface area contributed by atoms with Crippen molar-refractivity contribution >= 4 is 33.0 Å². The van der Waals surface area contributed by atoms with E-state index in [4.69, 9.17) is 4.42 Å². The quantitative estimate of drug-likeness (QED) is 0.481. The number of rotatable bonds is 3. The molecule has 0 aliphatic carbocycles. The molecule has 19 heavy (non-hydrogen) atoms. The maximum Gasteiger partial charge on any atom is 0.327 e. The van der Waals surface area contributed by atoms with Crippen molar-refractivity contribution in [3.05, 3.63) is 45.0 Å². The Morgan fingerprint density at radius 3 is 3.11 bits per heavy atom. The lowest BCUT2D eigenvalue weighted by atomic mass is 10.5. The molecule has 0 aliphatic heterocycles. The number of fused-ring (bicyclic) bond motifs is 1. The van der Waals surface area contributed by atoms with E-state index in [-0.39, 0.29) is 5.65 Å². The monoisotopic (exact) mass is 277 g/mol. The van der Waals surface area contributed by atoms with E-state index in [9.17, 15) is 9.59 Å². The number of furan rings is 1. The van der Waals surface area contributed by atoms with Crippen molar-refractivity contribution in [1.29, 1.82) is 0 Å². The third kappa shape index (κ3) is 2.31. The Morgan fingerprint density at radius 1 is 1.42 bits per heavy atom. The summed E-state index contributed by atoms with van der Waals surface area (Å²) in [5.74, 6) is 0.583. The van der Waals surface area contributed by atoms with Crippen LogP contribution in [0.1, 0.15) is 5.76 Å². The van der Waals surface area contributed by atoms with Crippen LogP contribution in [0, 0.1) is 0 Å². The Labute approximate surface area is 108 Å². The van der Waals surface area contributed by atoms with Gasteiger partial charge in [-0.25, -0.2) is 9.78 Å². The maximum atomic E-state index is 11.5. The molecule has 9 heteroatoms. The summed E-state index contributed by atoms with van der Waals surface area (Å²) in [4.78, 5) is 31.2. The minimum atomic E-state index is -0.589. The molecule has 0 spiro atoms. The number of nitrogens with one attached hydrogen (secondary N) is 3. The summed E-state index contributed by atoms with van der Waals surface area (Å²) < 4.78 is 5.39. The zero-order chi connectivity index (χ0) is 13.2. The average molecular weight is 277 g/mol. The van der Waals surface area contributed by atoms with E-state index in [1.54, 1.807) is 12.1 Å². The van der Waals surface area contributed by atoms with E-state index < -0.39 is 11.2 Å². The summed E-state index contributed by atoms with van der Waals surface area (Å²) in [6, 6.07) is 3.48. The lowest BCUT2D eigenvalue weighted by Crippen LogP contribution is -2.20. The number of H-pyrrole nitrogens is 2. The molecule has 8 nitrogen and oxygen atoms in total. The van der Waals surface area contributed by atoms with Gasteiger partial charge in [-0.15, -0.1) is 0 Å². The molecule has 0 bridgehead atoms. The predicted molar refractivity (Wildman–Crippen MR) is 70.8 cm³/mol. The highest BCUT2D eigenvalue weighted by atomic mass is 32.1. The fraction of sp³-hybridized carbons (Fsp3) is 0. The topological polar surface area (TPSA) is 116 Å². The van der Waals surface area contributed by atoms with E-state index in [1.165, 1.54) is 12.5 Å². The van der Waals surface area contributed by atoms with Gasteiger partial charge in [0.25, 0.3) is 5.56 Å². The second-order valence-electron chi connectivity index (χ2n) is 3.49. The number of thiazole rings is 1. The molecule has 0 aromatic carbocycles. The molecule has 3 N–H and O–H groups in total. The number of anilines is 1. The van der Waals surface area contributed by atoms with Crippen molar-refractivity contribution in [2.75, 3.05) is 5.43 Å². The smallest absolute Gasteiger partial charge is 0.327 e. The summed E-state index contributed by atoms with van der Waals surface area (Å²) in [6.07, 6.45) is 3.00. The van der Waals surface area contributed by atoms with Crippen LogP contribution in [0.3, 0.4) is 0 Å². The van der Waals surface area contributed by atoms with Crippen LogP contribution in [0.2, 0.25) is 0 Å². The van der Waals surface area contributed by atoms with Gasteiger partial charge < -0.3 is 4.42 Å². The molecule has 0 fully saturated rings. The Morgan fingerprint density at radius 2 is 2.32 bits per heavy atom. The fourth-order valence-electron chi connectivity index (χ4n) is 1.42. The van der Waals surface area contributed by atoms with Gasteiger partial charge in [0.2, 0.25) is 5.13 Å². The summed E-state index contributed by atoms with van der Waals surface area (Å²) in [5.41, 5.74) is 1.83. The number of hydrogen-bond acceptors (Lipinski definition) is 7. The molecule has 3 heterocycles. The van der Waals surface area contributed by atoms with Crippen molar-refractivity contribution in [3.63, 3.8) is 0 Å². The molecule has 0 aliphatic rings. The highest BCUT2D eigenvalue weighted by molar-refractivity contribution is 7.22. The fourth-order valence-corrected chi connectivity index (χ4v) is 2.19. The van der Waals surface area contributed by atoms with Crippen molar-refractivity contribution in [1.82, 2.24) is 15.0 Å². The summed E-state index contributed by atoms with van der Waals surface area (Å²) in [6.45, 7) is 0. The lowest BCUT2D eigenvalue weighted by Gasteiger charge is -1.89. The molecule has 0 unspecified atom stereocenters. The van der Waals surface area contributed by atoms with Crippen LogP contribution in [0.5, 0.6) is 0 Å². The van der Waals surface area contributed by atoms with Gasteiger partial charge in [0.1, 0.15) is 10.5 Å². The third-order valence-corrected chi connectivity index (χ3v) is 3.15. The molecule has 0 amide bonds. The molecule has 96 valence electrons.